The van der Waals surface area contributed by atoms with Crippen LogP contribution in [-0.4, -0.2) is 33.0 Å². The molecule has 1 aromatic heterocycles. The van der Waals surface area contributed by atoms with Crippen LogP contribution in [0, 0.1) is 5.41 Å². The molecule has 1 amide bonds. The number of ether oxygens (including phenoxy) is 1. The molecule has 3 heterocycles. The van der Waals surface area contributed by atoms with E-state index < -0.39 is 0 Å². The summed E-state index contributed by atoms with van der Waals surface area (Å²) in [5, 5.41) is 10.1. The van der Waals surface area contributed by atoms with Gasteiger partial charge in [0, 0.05) is 33.8 Å². The van der Waals surface area contributed by atoms with E-state index in [-0.39, 0.29) is 11.7 Å². The third kappa shape index (κ3) is 3.68. The van der Waals surface area contributed by atoms with Gasteiger partial charge in [-0.25, -0.2) is 0 Å². The molecular weight excluding hydrogens is 408 g/mol. The average molecular weight is 429 g/mol. The number of thioether (sulfide) groups is 1. The number of amides is 1. The SMILES string of the molecule is CC1=CN2C(=N)/C(=C/c3cn(CCOc4ccccc4)c4ccccc34)C(=O)N=C2S1. The Labute approximate surface area is 184 Å². The Kier molecular flexibility index (Phi) is 4.95. The fourth-order valence-electron chi connectivity index (χ4n) is 3.71. The summed E-state index contributed by atoms with van der Waals surface area (Å²) >= 11 is 1.41. The first-order chi connectivity index (χ1) is 15.1. The number of hydrogen-bond acceptors (Lipinski definition) is 4. The van der Waals surface area contributed by atoms with Crippen molar-refractivity contribution in [3.8, 4) is 5.75 Å². The van der Waals surface area contributed by atoms with Crippen LogP contribution in [-0.2, 0) is 11.3 Å². The molecule has 0 fully saturated rings. The normalized spacial score (nSPS) is 17.2. The van der Waals surface area contributed by atoms with Gasteiger partial charge in [0.25, 0.3) is 5.91 Å². The smallest absolute Gasteiger partial charge is 0.283 e. The molecular formula is C24H20N4O2S. The lowest BCUT2D eigenvalue weighted by atomic mass is 10.1. The zero-order valence-corrected chi connectivity index (χ0v) is 17.7. The average Bonchev–Trinajstić information content (AvgIpc) is 3.32. The number of rotatable bonds is 5. The largest absolute Gasteiger partial charge is 0.492 e. The molecule has 5 rings (SSSR count). The molecule has 0 bridgehead atoms. The molecule has 0 unspecified atom stereocenters. The number of hydrogen-bond donors (Lipinski definition) is 1. The van der Waals surface area contributed by atoms with Gasteiger partial charge in [0.05, 0.1) is 12.1 Å². The highest BCUT2D eigenvalue weighted by Crippen LogP contribution is 2.33. The monoisotopic (exact) mass is 428 g/mol. The predicted octanol–water partition coefficient (Wildman–Crippen LogP) is 4.89. The fourth-order valence-corrected chi connectivity index (χ4v) is 4.53. The summed E-state index contributed by atoms with van der Waals surface area (Å²) in [6.45, 7) is 3.13. The van der Waals surface area contributed by atoms with Crippen LogP contribution in [0.5, 0.6) is 5.75 Å². The molecule has 154 valence electrons. The second kappa shape index (κ2) is 7.92. The van der Waals surface area contributed by atoms with Crippen LogP contribution in [0.2, 0.25) is 0 Å². The van der Waals surface area contributed by atoms with Crippen molar-refractivity contribution in [3.05, 3.63) is 83.0 Å². The van der Waals surface area contributed by atoms with Crippen LogP contribution < -0.4 is 4.74 Å². The van der Waals surface area contributed by atoms with E-state index in [0.717, 1.165) is 27.1 Å². The van der Waals surface area contributed by atoms with Gasteiger partial charge in [-0.15, -0.1) is 0 Å². The Hall–Kier alpha value is -3.58. The standard InChI is InChI=1S/C24H20N4O2S/c1-16-14-28-22(25)20(23(29)26-24(28)31-16)13-17-15-27(21-10-6-5-9-19(17)21)11-12-30-18-7-3-2-4-8-18/h2-10,13-15,25H,11-12H2,1H3/b20-13-,25-22?. The number of carbonyl (C=O) groups is 1. The number of aromatic nitrogens is 1. The van der Waals surface area contributed by atoms with E-state index in [1.54, 1.807) is 11.0 Å². The van der Waals surface area contributed by atoms with E-state index in [1.165, 1.54) is 11.8 Å². The number of allylic oxidation sites excluding steroid dienone is 1. The lowest BCUT2D eigenvalue weighted by molar-refractivity contribution is -0.114. The number of benzene rings is 2. The van der Waals surface area contributed by atoms with Gasteiger partial charge in [0.2, 0.25) is 0 Å². The van der Waals surface area contributed by atoms with Crippen molar-refractivity contribution < 1.29 is 9.53 Å². The summed E-state index contributed by atoms with van der Waals surface area (Å²) in [6.07, 6.45) is 5.62. The van der Waals surface area contributed by atoms with Crippen molar-refractivity contribution in [1.29, 1.82) is 5.41 Å². The number of fused-ring (bicyclic) bond motifs is 2. The van der Waals surface area contributed by atoms with E-state index in [2.05, 4.69) is 9.56 Å². The van der Waals surface area contributed by atoms with Crippen LogP contribution in [0.15, 0.2) is 82.5 Å². The Bertz CT molecular complexity index is 1290. The highest BCUT2D eigenvalue weighted by Gasteiger charge is 2.33. The number of aliphatic imine (C=N–C) groups is 1. The minimum Gasteiger partial charge on any atom is -0.492 e. The number of nitrogens with one attached hydrogen (secondary N) is 1. The summed E-state index contributed by atoms with van der Waals surface area (Å²) in [4.78, 5) is 19.5. The van der Waals surface area contributed by atoms with E-state index in [9.17, 15) is 4.79 Å². The zero-order valence-electron chi connectivity index (χ0n) is 16.9. The maximum atomic E-state index is 12.6. The quantitative estimate of drug-likeness (QED) is 0.588. The molecule has 0 saturated carbocycles. The van der Waals surface area contributed by atoms with Gasteiger partial charge < -0.3 is 9.30 Å². The Morgan fingerprint density at radius 3 is 2.74 bits per heavy atom. The van der Waals surface area contributed by atoms with Gasteiger partial charge in [0.15, 0.2) is 5.17 Å². The summed E-state index contributed by atoms with van der Waals surface area (Å²) in [5.41, 5.74) is 2.23. The number of nitrogens with zero attached hydrogens (tertiary/aromatic N) is 3. The van der Waals surface area contributed by atoms with Crippen molar-refractivity contribution in [2.75, 3.05) is 6.61 Å². The van der Waals surface area contributed by atoms with Crippen molar-refractivity contribution in [3.63, 3.8) is 0 Å². The number of para-hydroxylation sites is 2. The van der Waals surface area contributed by atoms with Crippen LogP contribution in [0.3, 0.4) is 0 Å². The molecule has 0 atom stereocenters. The highest BCUT2D eigenvalue weighted by molar-refractivity contribution is 8.17. The summed E-state index contributed by atoms with van der Waals surface area (Å²) in [6, 6.07) is 17.8. The van der Waals surface area contributed by atoms with Gasteiger partial charge in [0.1, 0.15) is 18.2 Å². The lowest BCUT2D eigenvalue weighted by Gasteiger charge is -2.22. The van der Waals surface area contributed by atoms with Crippen molar-refractivity contribution >= 4 is 45.7 Å². The van der Waals surface area contributed by atoms with E-state index in [0.29, 0.717) is 23.9 Å². The minimum atomic E-state index is -0.379. The third-order valence-electron chi connectivity index (χ3n) is 5.16. The second-order valence-electron chi connectivity index (χ2n) is 7.27. The van der Waals surface area contributed by atoms with E-state index >= 15 is 0 Å². The van der Waals surface area contributed by atoms with Gasteiger partial charge in [-0.05, 0) is 31.2 Å². The molecule has 7 heteroatoms. The van der Waals surface area contributed by atoms with Crippen LogP contribution >= 0.6 is 11.8 Å². The van der Waals surface area contributed by atoms with Crippen LogP contribution in [0.1, 0.15) is 12.5 Å². The molecule has 1 N–H and O–H groups in total. The molecule has 2 aliphatic heterocycles. The molecule has 0 aliphatic carbocycles. The van der Waals surface area contributed by atoms with Crippen LogP contribution in [0.4, 0.5) is 0 Å². The Morgan fingerprint density at radius 1 is 1.13 bits per heavy atom. The Balaban J connectivity index is 1.45. The maximum Gasteiger partial charge on any atom is 0.283 e. The van der Waals surface area contributed by atoms with Gasteiger partial charge in [-0.2, -0.15) is 4.99 Å². The van der Waals surface area contributed by atoms with E-state index in [1.807, 2.05) is 73.9 Å². The lowest BCUT2D eigenvalue weighted by Crippen LogP contribution is -2.35. The third-order valence-corrected chi connectivity index (χ3v) is 6.05. The van der Waals surface area contributed by atoms with Crippen molar-refractivity contribution in [1.82, 2.24) is 9.47 Å². The van der Waals surface area contributed by atoms with E-state index in [4.69, 9.17) is 10.1 Å². The van der Waals surface area contributed by atoms with Gasteiger partial charge in [-0.3, -0.25) is 15.1 Å². The van der Waals surface area contributed by atoms with Crippen molar-refractivity contribution in [2.45, 2.75) is 13.5 Å². The first-order valence-corrected chi connectivity index (χ1v) is 10.8. The van der Waals surface area contributed by atoms with Gasteiger partial charge >= 0.3 is 0 Å². The molecule has 6 nitrogen and oxygen atoms in total. The first-order valence-electron chi connectivity index (χ1n) is 9.95. The fraction of sp³-hybridized carbons (Fsp3) is 0.125. The second-order valence-corrected chi connectivity index (χ2v) is 8.49. The molecule has 0 spiro atoms. The molecule has 3 aromatic rings. The molecule has 0 saturated heterocycles. The minimum absolute atomic E-state index is 0.156. The molecule has 0 radical (unpaired) electrons. The predicted molar refractivity (Wildman–Crippen MR) is 125 cm³/mol. The van der Waals surface area contributed by atoms with Gasteiger partial charge in [-0.1, -0.05) is 48.2 Å². The number of carbonyl (C=O) groups excluding carboxylic acids is 1. The highest BCUT2D eigenvalue weighted by atomic mass is 32.2. The molecule has 2 aromatic carbocycles. The Morgan fingerprint density at radius 2 is 1.90 bits per heavy atom. The molecule has 31 heavy (non-hydrogen) atoms. The summed E-state index contributed by atoms with van der Waals surface area (Å²) in [5.74, 6) is 0.614. The zero-order chi connectivity index (χ0) is 21.4. The number of amidine groups is 2. The maximum absolute atomic E-state index is 12.6. The van der Waals surface area contributed by atoms with Crippen LogP contribution in [0.25, 0.3) is 17.0 Å². The molecule has 2 aliphatic rings. The topological polar surface area (TPSA) is 70.7 Å². The summed E-state index contributed by atoms with van der Waals surface area (Å²) in [7, 11) is 0. The van der Waals surface area contributed by atoms with Crippen molar-refractivity contribution in [2.24, 2.45) is 4.99 Å². The first kappa shape index (κ1) is 19.4. The summed E-state index contributed by atoms with van der Waals surface area (Å²) < 4.78 is 7.97.